The number of hydrogen-bond donors (Lipinski definition) is 0. The van der Waals surface area contributed by atoms with Gasteiger partial charge in [0.15, 0.2) is 0 Å². The van der Waals surface area contributed by atoms with Crippen molar-refractivity contribution in [3.8, 4) is 0 Å². The Bertz CT molecular complexity index is 106. The molecule has 0 saturated carbocycles. The molecule has 0 bridgehead atoms. The van der Waals surface area contributed by atoms with Gasteiger partial charge in [-0.1, -0.05) is 50.7 Å². The molecule has 0 spiro atoms. The average Bonchev–Trinajstić information content (AvgIpc) is 2.20. The summed E-state index contributed by atoms with van der Waals surface area (Å²) in [5, 5.41) is 0. The summed E-state index contributed by atoms with van der Waals surface area (Å²) in [7, 11) is 0. The normalized spacial score (nSPS) is 13.1. The number of rotatable bonds is 10. The minimum atomic E-state index is -0.567. The van der Waals surface area contributed by atoms with Crippen molar-refractivity contribution in [2.45, 2.75) is 58.3 Å². The molecule has 1 radical (unpaired) electrons. The fourth-order valence-corrected chi connectivity index (χ4v) is 2.66. The van der Waals surface area contributed by atoms with Gasteiger partial charge in [0.25, 0.3) is 0 Å². The molecule has 1 unspecified atom stereocenters. The molecule has 0 aromatic carbocycles. The molecule has 0 aromatic rings. The Morgan fingerprint density at radius 1 is 0.929 bits per heavy atom. The zero-order chi connectivity index (χ0) is 10.6. The second-order valence-corrected chi connectivity index (χ2v) is 5.52. The van der Waals surface area contributed by atoms with Crippen LogP contribution in [0.5, 0.6) is 0 Å². The van der Waals surface area contributed by atoms with Crippen molar-refractivity contribution < 1.29 is 4.55 Å². The lowest BCUT2D eigenvalue weighted by Crippen LogP contribution is -2.10. The molecular weight excluding hydrogens is 192 g/mol. The summed E-state index contributed by atoms with van der Waals surface area (Å²) in [6, 6.07) is 0. The van der Waals surface area contributed by atoms with E-state index in [1.807, 2.05) is 0 Å². The quantitative estimate of drug-likeness (QED) is 0.404. The first-order valence-corrected chi connectivity index (χ1v) is 7.44. The number of unbranched alkanes of at least 4 members (excludes halogenated alkanes) is 6. The van der Waals surface area contributed by atoms with Gasteiger partial charge in [0.1, 0.15) is 11.5 Å². The summed E-state index contributed by atoms with van der Waals surface area (Å²) >= 11 is -0.567. The zero-order valence-corrected chi connectivity index (χ0v) is 10.4. The highest BCUT2D eigenvalue weighted by Crippen LogP contribution is 2.07. The topological polar surface area (TPSA) is 23.1 Å². The molecule has 0 amide bonds. The lowest BCUT2D eigenvalue weighted by molar-refractivity contribution is 0.580. The lowest BCUT2D eigenvalue weighted by atomic mass is 10.1. The van der Waals surface area contributed by atoms with Gasteiger partial charge in [-0.05, 0) is 25.7 Å². The van der Waals surface area contributed by atoms with Crippen molar-refractivity contribution in [2.75, 3.05) is 11.5 Å². The summed E-state index contributed by atoms with van der Waals surface area (Å²) in [5.41, 5.74) is 0. The van der Waals surface area contributed by atoms with Gasteiger partial charge in [0.2, 0.25) is 0 Å². The fourth-order valence-electron chi connectivity index (χ4n) is 1.41. The molecule has 0 aliphatic rings. The van der Waals surface area contributed by atoms with Crippen molar-refractivity contribution in [3.63, 3.8) is 0 Å². The second-order valence-electron chi connectivity index (χ2n) is 3.82. The summed E-state index contributed by atoms with van der Waals surface area (Å²) in [6.07, 6.45) is 9.66. The molecule has 14 heavy (non-hydrogen) atoms. The summed E-state index contributed by atoms with van der Waals surface area (Å²) < 4.78 is 11.4. The molecule has 0 aliphatic heterocycles. The van der Waals surface area contributed by atoms with Crippen LogP contribution in [0.2, 0.25) is 0 Å². The maximum absolute atomic E-state index is 11.4. The first-order valence-electron chi connectivity index (χ1n) is 5.95. The first kappa shape index (κ1) is 14.3. The third kappa shape index (κ3) is 10.4. The van der Waals surface area contributed by atoms with E-state index < -0.39 is 11.2 Å². The van der Waals surface area contributed by atoms with Crippen LogP contribution in [-0.4, -0.2) is 16.1 Å². The van der Waals surface area contributed by atoms with Crippen LogP contribution in [0.1, 0.15) is 58.3 Å². The zero-order valence-electron chi connectivity index (χ0n) is 9.59. The molecule has 0 saturated heterocycles. The highest BCUT2D eigenvalue weighted by Gasteiger charge is 2.03. The Kier molecular flexibility index (Phi) is 11.6. The molecule has 0 rings (SSSR count). The molecular formula is C12H25OS. The van der Waals surface area contributed by atoms with Gasteiger partial charge in [-0.25, -0.2) is 0 Å². The van der Waals surface area contributed by atoms with Crippen molar-refractivity contribution in [2.24, 2.45) is 0 Å². The minimum absolute atomic E-state index is 0.567. The predicted octanol–water partition coefficient (Wildman–Crippen LogP) is 3.71. The van der Waals surface area contributed by atoms with Crippen LogP contribution >= 0.6 is 0 Å². The summed E-state index contributed by atoms with van der Waals surface area (Å²) in [5.74, 6) is 1.77. The largest absolute Gasteiger partial charge is 0.616 e. The molecule has 1 atom stereocenters. The van der Waals surface area contributed by atoms with Crippen LogP contribution in [0.4, 0.5) is 0 Å². The van der Waals surface area contributed by atoms with Gasteiger partial charge >= 0.3 is 0 Å². The van der Waals surface area contributed by atoms with Crippen LogP contribution in [0.15, 0.2) is 0 Å². The Morgan fingerprint density at radius 2 is 1.50 bits per heavy atom. The van der Waals surface area contributed by atoms with Crippen molar-refractivity contribution in [3.05, 3.63) is 6.92 Å². The maximum Gasteiger partial charge on any atom is 0.105 e. The number of hydrogen-bond acceptors (Lipinski definition) is 1. The van der Waals surface area contributed by atoms with Crippen LogP contribution in [0.3, 0.4) is 0 Å². The highest BCUT2D eigenvalue weighted by molar-refractivity contribution is 7.91. The van der Waals surface area contributed by atoms with Crippen molar-refractivity contribution in [1.29, 1.82) is 0 Å². The van der Waals surface area contributed by atoms with E-state index in [2.05, 4.69) is 13.8 Å². The molecule has 0 aromatic heterocycles. The van der Waals surface area contributed by atoms with Gasteiger partial charge < -0.3 is 4.55 Å². The molecule has 0 N–H and O–H groups in total. The van der Waals surface area contributed by atoms with Crippen molar-refractivity contribution >= 4 is 11.2 Å². The Hall–Kier alpha value is 0.310. The van der Waals surface area contributed by atoms with E-state index in [0.717, 1.165) is 30.8 Å². The van der Waals surface area contributed by atoms with Crippen LogP contribution in [0.25, 0.3) is 0 Å². The van der Waals surface area contributed by atoms with Gasteiger partial charge in [0.05, 0.1) is 0 Å². The second kappa shape index (κ2) is 11.4. The smallest absolute Gasteiger partial charge is 0.105 e. The average molecular weight is 217 g/mol. The van der Waals surface area contributed by atoms with E-state index in [0.29, 0.717) is 0 Å². The fraction of sp³-hybridized carbons (Fsp3) is 0.917. The molecule has 0 aliphatic carbocycles. The van der Waals surface area contributed by atoms with Crippen LogP contribution in [0, 0.1) is 6.92 Å². The maximum atomic E-state index is 11.4. The lowest BCUT2D eigenvalue weighted by Gasteiger charge is -2.09. The third-order valence-electron chi connectivity index (χ3n) is 2.35. The first-order chi connectivity index (χ1) is 6.81. The van der Waals surface area contributed by atoms with E-state index in [1.165, 1.54) is 32.1 Å². The van der Waals surface area contributed by atoms with Crippen LogP contribution in [-0.2, 0) is 11.2 Å². The van der Waals surface area contributed by atoms with Gasteiger partial charge in [-0.15, -0.1) is 0 Å². The Morgan fingerprint density at radius 3 is 2.14 bits per heavy atom. The standard InChI is InChI=1S/C12H25OS/c1-3-5-7-8-9-10-12-14(13)11-6-4-2/h2-12H2,1H3. The molecule has 2 heteroatoms. The minimum Gasteiger partial charge on any atom is -0.616 e. The summed E-state index contributed by atoms with van der Waals surface area (Å²) in [4.78, 5) is 0. The molecule has 0 heterocycles. The summed E-state index contributed by atoms with van der Waals surface area (Å²) in [6.45, 7) is 5.98. The molecule has 0 fully saturated rings. The van der Waals surface area contributed by atoms with E-state index in [4.69, 9.17) is 0 Å². The monoisotopic (exact) mass is 217 g/mol. The van der Waals surface area contributed by atoms with E-state index in [9.17, 15) is 4.55 Å². The van der Waals surface area contributed by atoms with E-state index >= 15 is 0 Å². The van der Waals surface area contributed by atoms with Gasteiger partial charge in [-0.3, -0.25) is 0 Å². The Balaban J connectivity index is 3.02. The Labute approximate surface area is 92.8 Å². The van der Waals surface area contributed by atoms with Crippen LogP contribution < -0.4 is 0 Å². The van der Waals surface area contributed by atoms with Gasteiger partial charge in [-0.2, -0.15) is 0 Å². The molecule has 85 valence electrons. The molecule has 1 nitrogen and oxygen atoms in total. The van der Waals surface area contributed by atoms with E-state index in [1.54, 1.807) is 0 Å². The highest BCUT2D eigenvalue weighted by atomic mass is 32.2. The van der Waals surface area contributed by atoms with Gasteiger partial charge in [0, 0.05) is 0 Å². The van der Waals surface area contributed by atoms with E-state index in [-0.39, 0.29) is 0 Å². The predicted molar refractivity (Wildman–Crippen MR) is 65.8 cm³/mol. The SMILES string of the molecule is [CH2]CCC[S+]([O-])CCCCCCCC. The third-order valence-corrected chi connectivity index (χ3v) is 3.84. The van der Waals surface area contributed by atoms with Crippen molar-refractivity contribution in [1.82, 2.24) is 0 Å².